The Balaban J connectivity index is 1.76. The second-order valence-corrected chi connectivity index (χ2v) is 3.88. The van der Waals surface area contributed by atoms with Gasteiger partial charge < -0.3 is 5.32 Å². The van der Waals surface area contributed by atoms with Crippen LogP contribution in [0.25, 0.3) is 0 Å². The van der Waals surface area contributed by atoms with Gasteiger partial charge >= 0.3 is 0 Å². The molecule has 74 valence electrons. The lowest BCUT2D eigenvalue weighted by molar-refractivity contribution is -0.128. The summed E-state index contributed by atoms with van der Waals surface area (Å²) in [6.07, 6.45) is 4.20. The molecule has 2 aliphatic rings. The zero-order chi connectivity index (χ0) is 9.10. The Kier molecular flexibility index (Phi) is 2.80. The lowest BCUT2D eigenvalue weighted by atomic mass is 10.2. The number of amides is 1. The lowest BCUT2D eigenvalue weighted by Gasteiger charge is -2.29. The number of hydrogen-bond acceptors (Lipinski definition) is 3. The minimum absolute atomic E-state index is 0.171. The summed E-state index contributed by atoms with van der Waals surface area (Å²) in [6, 6.07) is 0.582. The summed E-state index contributed by atoms with van der Waals surface area (Å²) in [5.41, 5.74) is 2.90. The summed E-state index contributed by atoms with van der Waals surface area (Å²) >= 11 is 0. The first-order chi connectivity index (χ1) is 6.34. The van der Waals surface area contributed by atoms with Crippen LogP contribution in [-0.4, -0.2) is 36.6 Å². The summed E-state index contributed by atoms with van der Waals surface area (Å²) < 4.78 is 0. The predicted octanol–water partition coefficient (Wildman–Crippen LogP) is -0.135. The Morgan fingerprint density at radius 2 is 2.38 bits per heavy atom. The molecule has 1 amide bonds. The zero-order valence-electron chi connectivity index (χ0n) is 7.88. The number of carbonyl (C=O) groups excluding carboxylic acids is 1. The highest BCUT2D eigenvalue weighted by atomic mass is 16.2. The first-order valence-electron chi connectivity index (χ1n) is 5.12. The third-order valence-electron chi connectivity index (χ3n) is 2.72. The van der Waals surface area contributed by atoms with Crippen LogP contribution in [0, 0.1) is 0 Å². The fraction of sp³-hybridized carbons (Fsp3) is 0.889. The molecule has 0 saturated carbocycles. The highest BCUT2D eigenvalue weighted by Crippen LogP contribution is 2.08. The SMILES string of the molecule is O=C1CCCN(CC2CCCN2)N1. The van der Waals surface area contributed by atoms with E-state index in [9.17, 15) is 4.79 Å². The number of carbonyl (C=O) groups is 1. The first kappa shape index (κ1) is 8.97. The maximum Gasteiger partial charge on any atom is 0.234 e. The van der Waals surface area contributed by atoms with Crippen molar-refractivity contribution in [2.45, 2.75) is 31.7 Å². The molecule has 4 heteroatoms. The Morgan fingerprint density at radius 1 is 1.46 bits per heavy atom. The standard InChI is InChI=1S/C9H17N3O/c13-9-4-2-6-12(11-9)7-8-3-1-5-10-8/h8,10H,1-7H2,(H,11,13). The fourth-order valence-electron chi connectivity index (χ4n) is 2.03. The molecule has 2 heterocycles. The molecular weight excluding hydrogens is 166 g/mol. The third kappa shape index (κ3) is 2.42. The molecule has 4 nitrogen and oxygen atoms in total. The molecule has 13 heavy (non-hydrogen) atoms. The fourth-order valence-corrected chi connectivity index (χ4v) is 2.03. The van der Waals surface area contributed by atoms with Crippen molar-refractivity contribution in [3.8, 4) is 0 Å². The van der Waals surface area contributed by atoms with E-state index in [2.05, 4.69) is 15.8 Å². The van der Waals surface area contributed by atoms with Crippen LogP contribution in [0.15, 0.2) is 0 Å². The van der Waals surface area contributed by atoms with Crippen molar-refractivity contribution in [1.82, 2.24) is 15.8 Å². The molecule has 2 N–H and O–H groups in total. The summed E-state index contributed by atoms with van der Waals surface area (Å²) in [5, 5.41) is 5.48. The summed E-state index contributed by atoms with van der Waals surface area (Å²) in [4.78, 5) is 11.1. The molecule has 2 rings (SSSR count). The van der Waals surface area contributed by atoms with E-state index in [0.717, 1.165) is 26.1 Å². The lowest BCUT2D eigenvalue weighted by Crippen LogP contribution is -2.51. The highest BCUT2D eigenvalue weighted by Gasteiger charge is 2.21. The molecule has 0 bridgehead atoms. The Hall–Kier alpha value is -0.610. The number of hydrazine groups is 1. The molecule has 2 saturated heterocycles. The second kappa shape index (κ2) is 4.07. The van der Waals surface area contributed by atoms with Gasteiger partial charge in [-0.05, 0) is 25.8 Å². The van der Waals surface area contributed by atoms with Crippen LogP contribution in [0.5, 0.6) is 0 Å². The van der Waals surface area contributed by atoms with Crippen LogP contribution in [-0.2, 0) is 4.79 Å². The van der Waals surface area contributed by atoms with Gasteiger partial charge in [-0.15, -0.1) is 0 Å². The Morgan fingerprint density at radius 3 is 3.08 bits per heavy atom. The van der Waals surface area contributed by atoms with Crippen molar-refractivity contribution in [3.63, 3.8) is 0 Å². The normalized spacial score (nSPS) is 30.5. The van der Waals surface area contributed by atoms with Crippen LogP contribution in [0.2, 0.25) is 0 Å². The highest BCUT2D eigenvalue weighted by molar-refractivity contribution is 5.75. The number of nitrogens with one attached hydrogen (secondary N) is 2. The van der Waals surface area contributed by atoms with E-state index in [1.54, 1.807) is 0 Å². The van der Waals surface area contributed by atoms with Crippen LogP contribution in [0.3, 0.4) is 0 Å². The molecule has 0 aromatic carbocycles. The zero-order valence-corrected chi connectivity index (χ0v) is 7.88. The number of hydrogen-bond donors (Lipinski definition) is 2. The van der Waals surface area contributed by atoms with Gasteiger partial charge in [0.2, 0.25) is 5.91 Å². The van der Waals surface area contributed by atoms with E-state index in [0.29, 0.717) is 12.5 Å². The van der Waals surface area contributed by atoms with Crippen molar-refractivity contribution in [2.75, 3.05) is 19.6 Å². The second-order valence-electron chi connectivity index (χ2n) is 3.88. The summed E-state index contributed by atoms with van der Waals surface area (Å²) in [6.45, 7) is 3.10. The van der Waals surface area contributed by atoms with Crippen molar-refractivity contribution in [1.29, 1.82) is 0 Å². The molecule has 0 spiro atoms. The largest absolute Gasteiger partial charge is 0.313 e. The van der Waals surface area contributed by atoms with Gasteiger partial charge in [0.05, 0.1) is 0 Å². The average Bonchev–Trinajstić information content (AvgIpc) is 2.57. The van der Waals surface area contributed by atoms with Crippen LogP contribution in [0.1, 0.15) is 25.7 Å². The molecule has 1 atom stereocenters. The maximum absolute atomic E-state index is 11.1. The van der Waals surface area contributed by atoms with Crippen molar-refractivity contribution >= 4 is 5.91 Å². The van der Waals surface area contributed by atoms with Gasteiger partial charge in [0.1, 0.15) is 0 Å². The molecule has 0 radical (unpaired) electrons. The van der Waals surface area contributed by atoms with Gasteiger partial charge in [0.15, 0.2) is 0 Å². The van der Waals surface area contributed by atoms with Gasteiger partial charge in [-0.3, -0.25) is 10.2 Å². The third-order valence-corrected chi connectivity index (χ3v) is 2.72. The van der Waals surface area contributed by atoms with Crippen molar-refractivity contribution < 1.29 is 4.79 Å². The summed E-state index contributed by atoms with van der Waals surface area (Å²) in [7, 11) is 0. The van der Waals surface area contributed by atoms with Gasteiger partial charge in [-0.2, -0.15) is 0 Å². The van der Waals surface area contributed by atoms with E-state index in [1.807, 2.05) is 0 Å². The van der Waals surface area contributed by atoms with Crippen LogP contribution < -0.4 is 10.7 Å². The molecule has 0 aromatic heterocycles. The summed E-state index contributed by atoms with van der Waals surface area (Å²) in [5.74, 6) is 0.171. The van der Waals surface area contributed by atoms with Crippen LogP contribution in [0.4, 0.5) is 0 Å². The molecular formula is C9H17N3O. The minimum atomic E-state index is 0.171. The quantitative estimate of drug-likeness (QED) is 0.626. The molecule has 0 aliphatic carbocycles. The molecule has 2 aliphatic heterocycles. The maximum atomic E-state index is 11.1. The number of nitrogens with zero attached hydrogens (tertiary/aromatic N) is 1. The van der Waals surface area contributed by atoms with Gasteiger partial charge in [-0.25, -0.2) is 5.01 Å². The Labute approximate surface area is 78.6 Å². The smallest absolute Gasteiger partial charge is 0.234 e. The number of rotatable bonds is 2. The molecule has 0 aromatic rings. The average molecular weight is 183 g/mol. The van der Waals surface area contributed by atoms with E-state index in [-0.39, 0.29) is 5.91 Å². The Bertz CT molecular complexity index is 189. The monoisotopic (exact) mass is 183 g/mol. The van der Waals surface area contributed by atoms with Gasteiger partial charge in [-0.1, -0.05) is 0 Å². The van der Waals surface area contributed by atoms with Gasteiger partial charge in [0.25, 0.3) is 0 Å². The van der Waals surface area contributed by atoms with E-state index in [1.165, 1.54) is 12.8 Å². The van der Waals surface area contributed by atoms with Crippen molar-refractivity contribution in [2.24, 2.45) is 0 Å². The van der Waals surface area contributed by atoms with Gasteiger partial charge in [0, 0.05) is 25.6 Å². The molecule has 2 fully saturated rings. The topological polar surface area (TPSA) is 44.4 Å². The van der Waals surface area contributed by atoms with E-state index in [4.69, 9.17) is 0 Å². The first-order valence-corrected chi connectivity index (χ1v) is 5.12. The van der Waals surface area contributed by atoms with Crippen LogP contribution >= 0.6 is 0 Å². The van der Waals surface area contributed by atoms with Crippen molar-refractivity contribution in [3.05, 3.63) is 0 Å². The molecule has 1 unspecified atom stereocenters. The van der Waals surface area contributed by atoms with E-state index < -0.39 is 0 Å². The minimum Gasteiger partial charge on any atom is -0.313 e. The predicted molar refractivity (Wildman–Crippen MR) is 50.0 cm³/mol. The van der Waals surface area contributed by atoms with E-state index >= 15 is 0 Å².